The summed E-state index contributed by atoms with van der Waals surface area (Å²) >= 11 is 1.94. The van der Waals surface area contributed by atoms with E-state index in [1.54, 1.807) is 0 Å². The van der Waals surface area contributed by atoms with Crippen LogP contribution < -0.4 is 5.73 Å². The summed E-state index contributed by atoms with van der Waals surface area (Å²) in [6.45, 7) is 5.77. The molecule has 1 aromatic rings. The van der Waals surface area contributed by atoms with Crippen LogP contribution in [0.4, 0.5) is 0 Å². The summed E-state index contributed by atoms with van der Waals surface area (Å²) in [5.74, 6) is 3.67. The van der Waals surface area contributed by atoms with Gasteiger partial charge in [0.2, 0.25) is 5.89 Å². The second-order valence-electron chi connectivity index (χ2n) is 5.15. The number of hydrogen-bond acceptors (Lipinski definition) is 6. The lowest BCUT2D eigenvalue weighted by Gasteiger charge is -2.29. The topological polar surface area (TPSA) is 68.2 Å². The molecule has 2 unspecified atom stereocenters. The summed E-state index contributed by atoms with van der Waals surface area (Å²) in [5, 5.41) is 4.16. The molecule has 0 spiro atoms. The second-order valence-corrected chi connectivity index (χ2v) is 6.30. The summed E-state index contributed by atoms with van der Waals surface area (Å²) < 4.78 is 5.44. The first-order valence-electron chi connectivity index (χ1n) is 6.43. The molecule has 1 aliphatic heterocycles. The van der Waals surface area contributed by atoms with E-state index in [9.17, 15) is 0 Å². The highest BCUT2D eigenvalue weighted by Crippen LogP contribution is 2.29. The predicted molar refractivity (Wildman–Crippen MR) is 73.7 cm³/mol. The average Bonchev–Trinajstić information content (AvgIpc) is 2.88. The first-order chi connectivity index (χ1) is 8.60. The molecule has 1 saturated heterocycles. The normalized spacial score (nSPS) is 25.0. The molecular formula is C12H22N4OS. The van der Waals surface area contributed by atoms with E-state index in [0.717, 1.165) is 24.5 Å². The Morgan fingerprint density at radius 2 is 2.39 bits per heavy atom. The van der Waals surface area contributed by atoms with E-state index < -0.39 is 0 Å². The van der Waals surface area contributed by atoms with E-state index in [-0.39, 0.29) is 11.5 Å². The van der Waals surface area contributed by atoms with Gasteiger partial charge in [-0.1, -0.05) is 12.1 Å². The van der Waals surface area contributed by atoms with E-state index >= 15 is 0 Å². The minimum atomic E-state index is -0.203. The lowest BCUT2D eigenvalue weighted by Crippen LogP contribution is -2.34. The van der Waals surface area contributed by atoms with Gasteiger partial charge in [-0.3, -0.25) is 4.90 Å². The lowest BCUT2D eigenvalue weighted by atomic mass is 9.88. The van der Waals surface area contributed by atoms with Gasteiger partial charge in [-0.15, -0.1) is 0 Å². The number of rotatable bonds is 4. The van der Waals surface area contributed by atoms with E-state index in [1.807, 2.05) is 11.8 Å². The van der Waals surface area contributed by atoms with E-state index in [1.165, 1.54) is 5.75 Å². The number of nitrogens with two attached hydrogens (primary N) is 1. The highest BCUT2D eigenvalue weighted by Gasteiger charge is 2.32. The molecular weight excluding hydrogens is 248 g/mol. The van der Waals surface area contributed by atoms with Crippen molar-refractivity contribution in [3.05, 3.63) is 11.7 Å². The zero-order chi connectivity index (χ0) is 13.2. The monoisotopic (exact) mass is 270 g/mol. The van der Waals surface area contributed by atoms with Crippen molar-refractivity contribution in [2.24, 2.45) is 5.73 Å². The van der Waals surface area contributed by atoms with Crippen LogP contribution in [0.1, 0.15) is 38.0 Å². The zero-order valence-corrected chi connectivity index (χ0v) is 12.2. The van der Waals surface area contributed by atoms with E-state index in [0.29, 0.717) is 12.4 Å². The Hall–Kier alpha value is -0.590. The Balaban J connectivity index is 2.19. The Kier molecular flexibility index (Phi) is 4.29. The van der Waals surface area contributed by atoms with Gasteiger partial charge in [0.1, 0.15) is 0 Å². The fourth-order valence-corrected chi connectivity index (χ4v) is 3.17. The summed E-state index contributed by atoms with van der Waals surface area (Å²) in [4.78, 5) is 6.87. The average molecular weight is 270 g/mol. The molecule has 1 aromatic heterocycles. The molecule has 2 atom stereocenters. The van der Waals surface area contributed by atoms with Crippen molar-refractivity contribution in [1.29, 1.82) is 0 Å². The molecule has 18 heavy (non-hydrogen) atoms. The molecule has 2 N–H and O–H groups in total. The van der Waals surface area contributed by atoms with Gasteiger partial charge in [0.15, 0.2) is 5.82 Å². The molecule has 1 aliphatic rings. The Morgan fingerprint density at radius 1 is 1.61 bits per heavy atom. The van der Waals surface area contributed by atoms with Crippen LogP contribution in [-0.4, -0.2) is 46.7 Å². The van der Waals surface area contributed by atoms with Crippen molar-refractivity contribution < 1.29 is 4.52 Å². The molecule has 2 heterocycles. The highest BCUT2D eigenvalue weighted by molar-refractivity contribution is 7.99. The lowest BCUT2D eigenvalue weighted by molar-refractivity contribution is 0.252. The SMILES string of the molecule is CCC(C)(CN)c1nc(C2CSCCN2C)no1. The molecule has 0 amide bonds. The van der Waals surface area contributed by atoms with Crippen molar-refractivity contribution in [3.63, 3.8) is 0 Å². The van der Waals surface area contributed by atoms with E-state index in [4.69, 9.17) is 10.3 Å². The van der Waals surface area contributed by atoms with Gasteiger partial charge >= 0.3 is 0 Å². The maximum atomic E-state index is 5.82. The van der Waals surface area contributed by atoms with Crippen LogP contribution in [0.15, 0.2) is 4.52 Å². The summed E-state index contributed by atoms with van der Waals surface area (Å²) in [6.07, 6.45) is 0.903. The molecule has 0 radical (unpaired) electrons. The minimum absolute atomic E-state index is 0.203. The van der Waals surface area contributed by atoms with Crippen LogP contribution in [0.25, 0.3) is 0 Å². The molecule has 5 nitrogen and oxygen atoms in total. The standard InChI is InChI=1S/C12H22N4OS/c1-4-12(2,8-13)11-14-10(15-17-11)9-7-18-6-5-16(9)3/h9H,4-8,13H2,1-3H3. The third-order valence-corrected chi connectivity index (χ3v) is 4.91. The number of thioether (sulfide) groups is 1. The van der Waals surface area contributed by atoms with Crippen LogP contribution in [0.2, 0.25) is 0 Å². The molecule has 1 fully saturated rings. The van der Waals surface area contributed by atoms with Crippen molar-refractivity contribution in [2.75, 3.05) is 31.6 Å². The van der Waals surface area contributed by atoms with Gasteiger partial charge in [-0.25, -0.2) is 0 Å². The number of nitrogens with zero attached hydrogens (tertiary/aromatic N) is 3. The van der Waals surface area contributed by atoms with Gasteiger partial charge < -0.3 is 10.3 Å². The van der Waals surface area contributed by atoms with Gasteiger partial charge in [0.05, 0.1) is 11.5 Å². The number of aromatic nitrogens is 2. The van der Waals surface area contributed by atoms with Crippen molar-refractivity contribution in [2.45, 2.75) is 31.7 Å². The zero-order valence-electron chi connectivity index (χ0n) is 11.3. The van der Waals surface area contributed by atoms with Gasteiger partial charge in [0, 0.05) is 24.6 Å². The summed E-state index contributed by atoms with van der Waals surface area (Å²) in [5.41, 5.74) is 5.62. The van der Waals surface area contributed by atoms with Crippen molar-refractivity contribution in [3.8, 4) is 0 Å². The van der Waals surface area contributed by atoms with E-state index in [2.05, 4.69) is 35.9 Å². The quantitative estimate of drug-likeness (QED) is 0.892. The van der Waals surface area contributed by atoms with Gasteiger partial charge in [0.25, 0.3) is 0 Å². The molecule has 0 aromatic carbocycles. The van der Waals surface area contributed by atoms with Crippen LogP contribution in [0.3, 0.4) is 0 Å². The maximum absolute atomic E-state index is 5.82. The molecule has 6 heteroatoms. The van der Waals surface area contributed by atoms with Gasteiger partial charge in [-0.05, 0) is 20.4 Å². The van der Waals surface area contributed by atoms with Crippen LogP contribution >= 0.6 is 11.8 Å². The third kappa shape index (κ3) is 2.55. The van der Waals surface area contributed by atoms with Gasteiger partial charge in [-0.2, -0.15) is 16.7 Å². The molecule has 2 rings (SSSR count). The molecule has 102 valence electrons. The Bertz CT molecular complexity index is 391. The van der Waals surface area contributed by atoms with Crippen molar-refractivity contribution >= 4 is 11.8 Å². The Morgan fingerprint density at radius 3 is 3.00 bits per heavy atom. The minimum Gasteiger partial charge on any atom is -0.339 e. The van der Waals surface area contributed by atoms with Crippen LogP contribution in [0.5, 0.6) is 0 Å². The smallest absolute Gasteiger partial charge is 0.233 e. The Labute approximate surface area is 112 Å². The largest absolute Gasteiger partial charge is 0.339 e. The first-order valence-corrected chi connectivity index (χ1v) is 7.58. The maximum Gasteiger partial charge on any atom is 0.233 e. The fourth-order valence-electron chi connectivity index (χ4n) is 1.96. The predicted octanol–water partition coefficient (Wildman–Crippen LogP) is 1.42. The summed E-state index contributed by atoms with van der Waals surface area (Å²) in [7, 11) is 2.11. The van der Waals surface area contributed by atoms with Crippen LogP contribution in [-0.2, 0) is 5.41 Å². The first kappa shape index (κ1) is 13.8. The third-order valence-electron chi connectivity index (χ3n) is 3.88. The molecule has 0 bridgehead atoms. The second kappa shape index (κ2) is 5.59. The fraction of sp³-hybridized carbons (Fsp3) is 0.833. The summed E-state index contributed by atoms with van der Waals surface area (Å²) in [6, 6.07) is 0.264. The number of hydrogen-bond donors (Lipinski definition) is 1. The molecule has 0 aliphatic carbocycles. The molecule has 0 saturated carbocycles. The highest BCUT2D eigenvalue weighted by atomic mass is 32.2. The van der Waals surface area contributed by atoms with Crippen LogP contribution in [0, 0.1) is 0 Å². The van der Waals surface area contributed by atoms with Crippen molar-refractivity contribution in [1.82, 2.24) is 15.0 Å².